The Morgan fingerprint density at radius 3 is 0.720 bits per heavy atom. The van der Waals surface area contributed by atoms with Gasteiger partial charge in [-0.25, -0.2) is 0 Å². The zero-order valence-corrected chi connectivity index (χ0v) is 17.2. The molecule has 0 aromatic rings. The Balaban J connectivity index is 0.000000339. The number of carboxylic acid groups (broad SMARTS) is 3. The molecule has 0 heterocycles. The second-order valence-corrected chi connectivity index (χ2v) is 6.90. The summed E-state index contributed by atoms with van der Waals surface area (Å²) < 4.78 is 0. The van der Waals surface area contributed by atoms with Crippen molar-refractivity contribution in [2.24, 2.45) is 17.8 Å². The van der Waals surface area contributed by atoms with Crippen molar-refractivity contribution in [2.45, 2.75) is 77.0 Å². The van der Waals surface area contributed by atoms with Crippen LogP contribution in [0, 0.1) is 17.8 Å². The molecule has 138 valence electrons. The summed E-state index contributed by atoms with van der Waals surface area (Å²) >= 11 is 0. The topological polar surface area (TPSA) is 120 Å². The van der Waals surface area contributed by atoms with Crippen LogP contribution in [0.15, 0.2) is 0 Å². The standard InChI is InChI=1S/3C6H10O2.Ga/c3*7-6(8)5-3-1-2-4-5;/h3*5H,1-4H2,(H,7,8);/q;;;+3/p-3. The summed E-state index contributed by atoms with van der Waals surface area (Å²) in [6.45, 7) is 0. The summed E-state index contributed by atoms with van der Waals surface area (Å²) in [5, 5.41) is 30.3. The van der Waals surface area contributed by atoms with Crippen molar-refractivity contribution in [1.29, 1.82) is 0 Å². The maximum atomic E-state index is 10.1. The van der Waals surface area contributed by atoms with Gasteiger partial charge in [0.1, 0.15) is 0 Å². The second kappa shape index (κ2) is 13.3. The van der Waals surface area contributed by atoms with Crippen LogP contribution < -0.4 is 15.3 Å². The first kappa shape index (κ1) is 24.0. The quantitative estimate of drug-likeness (QED) is 0.574. The van der Waals surface area contributed by atoms with E-state index >= 15 is 0 Å². The fourth-order valence-electron chi connectivity index (χ4n) is 3.48. The van der Waals surface area contributed by atoms with Crippen molar-refractivity contribution < 1.29 is 29.7 Å². The summed E-state index contributed by atoms with van der Waals surface area (Å²) in [4.78, 5) is 30.3. The third kappa shape index (κ3) is 9.94. The number of carbonyl (C=O) groups excluding carboxylic acids is 3. The number of carbonyl (C=O) groups is 3. The molecular formula is C18H27GaO6. The van der Waals surface area contributed by atoms with Gasteiger partial charge in [-0.2, -0.15) is 0 Å². The summed E-state index contributed by atoms with van der Waals surface area (Å²) in [5.41, 5.74) is 0. The molecule has 3 rings (SSSR count). The molecule has 3 aliphatic rings. The predicted molar refractivity (Wildman–Crippen MR) is 86.6 cm³/mol. The van der Waals surface area contributed by atoms with Crippen LogP contribution in [0.5, 0.6) is 0 Å². The first-order valence-corrected chi connectivity index (χ1v) is 9.04. The molecule has 3 saturated carbocycles. The minimum atomic E-state index is -0.859. The number of rotatable bonds is 3. The van der Waals surface area contributed by atoms with Crippen LogP contribution in [-0.4, -0.2) is 37.7 Å². The van der Waals surface area contributed by atoms with Gasteiger partial charge < -0.3 is 29.7 Å². The van der Waals surface area contributed by atoms with Gasteiger partial charge in [0.05, 0.1) is 0 Å². The van der Waals surface area contributed by atoms with Crippen LogP contribution in [0.25, 0.3) is 0 Å². The van der Waals surface area contributed by atoms with Gasteiger partial charge in [0.2, 0.25) is 0 Å². The van der Waals surface area contributed by atoms with Gasteiger partial charge in [-0.3, -0.25) is 0 Å². The van der Waals surface area contributed by atoms with Gasteiger partial charge in [0.25, 0.3) is 0 Å². The minimum Gasteiger partial charge on any atom is -0.550 e. The van der Waals surface area contributed by atoms with Crippen LogP contribution >= 0.6 is 0 Å². The van der Waals surface area contributed by atoms with Gasteiger partial charge in [0, 0.05) is 17.9 Å². The zero-order valence-electron chi connectivity index (χ0n) is 14.7. The number of aliphatic carboxylic acids is 3. The van der Waals surface area contributed by atoms with E-state index < -0.39 is 17.9 Å². The summed E-state index contributed by atoms with van der Waals surface area (Å²) in [6.07, 6.45) is 11.4. The van der Waals surface area contributed by atoms with Crippen LogP contribution in [0.1, 0.15) is 77.0 Å². The Bertz CT molecular complexity index is 346. The van der Waals surface area contributed by atoms with E-state index in [4.69, 9.17) is 0 Å². The molecule has 0 aromatic carbocycles. The Labute approximate surface area is 162 Å². The molecule has 0 aromatic heterocycles. The van der Waals surface area contributed by atoms with E-state index in [1.54, 1.807) is 0 Å². The van der Waals surface area contributed by atoms with Crippen LogP contribution in [0.3, 0.4) is 0 Å². The Hall–Kier alpha value is -0.954. The molecule has 0 aliphatic heterocycles. The monoisotopic (exact) mass is 408 g/mol. The van der Waals surface area contributed by atoms with Crippen LogP contribution in [0.2, 0.25) is 0 Å². The van der Waals surface area contributed by atoms with Gasteiger partial charge >= 0.3 is 19.8 Å². The molecule has 0 saturated heterocycles. The van der Waals surface area contributed by atoms with Gasteiger partial charge in [0.15, 0.2) is 0 Å². The largest absolute Gasteiger partial charge is 3.00 e. The number of hydrogen-bond acceptors (Lipinski definition) is 6. The summed E-state index contributed by atoms with van der Waals surface area (Å²) in [5.74, 6) is -2.97. The average Bonchev–Trinajstić information content (AvgIpc) is 3.29. The maximum Gasteiger partial charge on any atom is 3.00 e. The normalized spacial score (nSPS) is 20.6. The molecular weight excluding hydrogens is 382 g/mol. The molecule has 0 unspecified atom stereocenters. The third-order valence-corrected chi connectivity index (χ3v) is 5.07. The molecule has 6 nitrogen and oxygen atoms in total. The predicted octanol–water partition coefficient (Wildman–Crippen LogP) is -0.601. The van der Waals surface area contributed by atoms with E-state index in [-0.39, 0.29) is 37.5 Å². The van der Waals surface area contributed by atoms with Gasteiger partial charge in [-0.1, -0.05) is 38.5 Å². The first-order chi connectivity index (χ1) is 11.4. The average molecular weight is 409 g/mol. The Morgan fingerprint density at radius 1 is 0.480 bits per heavy atom. The van der Waals surface area contributed by atoms with Crippen molar-refractivity contribution in [3.05, 3.63) is 0 Å². The molecule has 0 spiro atoms. The Morgan fingerprint density at radius 2 is 0.640 bits per heavy atom. The fraction of sp³-hybridized carbons (Fsp3) is 0.833. The minimum absolute atomic E-state index is 0. The molecule has 25 heavy (non-hydrogen) atoms. The second-order valence-electron chi connectivity index (χ2n) is 6.90. The van der Waals surface area contributed by atoms with E-state index in [1.807, 2.05) is 0 Å². The SMILES string of the molecule is O=C([O-])C1CCCC1.O=C([O-])C1CCCC1.O=C([O-])C1CCCC1.[Ga+3]. The maximum absolute atomic E-state index is 10.1. The van der Waals surface area contributed by atoms with E-state index in [0.29, 0.717) is 0 Å². The zero-order chi connectivity index (χ0) is 17.9. The van der Waals surface area contributed by atoms with Crippen molar-refractivity contribution in [3.63, 3.8) is 0 Å². The van der Waals surface area contributed by atoms with Crippen molar-refractivity contribution in [1.82, 2.24) is 0 Å². The number of carboxylic acids is 3. The molecule has 0 radical (unpaired) electrons. The molecule has 0 bridgehead atoms. The molecule has 0 N–H and O–H groups in total. The van der Waals surface area contributed by atoms with E-state index in [0.717, 1.165) is 77.0 Å². The van der Waals surface area contributed by atoms with Crippen LogP contribution in [-0.2, 0) is 14.4 Å². The van der Waals surface area contributed by atoms with E-state index in [2.05, 4.69) is 0 Å². The van der Waals surface area contributed by atoms with Gasteiger partial charge in [-0.15, -0.1) is 0 Å². The van der Waals surface area contributed by atoms with Crippen molar-refractivity contribution >= 4 is 37.7 Å². The summed E-state index contributed by atoms with van der Waals surface area (Å²) in [7, 11) is 0. The van der Waals surface area contributed by atoms with E-state index in [1.165, 1.54) is 0 Å². The number of hydrogen-bond donors (Lipinski definition) is 0. The molecule has 3 aliphatic carbocycles. The molecule has 7 heteroatoms. The molecule has 0 atom stereocenters. The van der Waals surface area contributed by atoms with E-state index in [9.17, 15) is 29.7 Å². The van der Waals surface area contributed by atoms with Crippen LogP contribution in [0.4, 0.5) is 0 Å². The first-order valence-electron chi connectivity index (χ1n) is 9.04. The van der Waals surface area contributed by atoms with Crippen molar-refractivity contribution in [2.75, 3.05) is 0 Å². The Kier molecular flexibility index (Phi) is 12.8. The van der Waals surface area contributed by atoms with Crippen molar-refractivity contribution in [3.8, 4) is 0 Å². The molecule has 3 fully saturated rings. The smallest absolute Gasteiger partial charge is 0.550 e. The van der Waals surface area contributed by atoms with Gasteiger partial charge in [-0.05, 0) is 56.3 Å². The summed E-state index contributed by atoms with van der Waals surface area (Å²) in [6, 6.07) is 0. The fourth-order valence-corrected chi connectivity index (χ4v) is 3.48. The third-order valence-electron chi connectivity index (χ3n) is 5.07. The molecule has 0 amide bonds.